The average molecular weight is 474 g/mol. The first-order chi connectivity index (χ1) is 11.8. The van der Waals surface area contributed by atoms with E-state index in [2.05, 4.69) is 24.0 Å². The minimum absolute atomic E-state index is 0. The van der Waals surface area contributed by atoms with Crippen LogP contribution in [0.3, 0.4) is 0 Å². The maximum Gasteiger partial charge on any atom is 0.410 e. The summed E-state index contributed by atoms with van der Waals surface area (Å²) in [7, 11) is 0. The summed E-state index contributed by atoms with van der Waals surface area (Å²) in [5, 5.41) is 0. The van der Waals surface area contributed by atoms with Crippen LogP contribution in [0.25, 0.3) is 0 Å². The second-order valence-electron chi connectivity index (χ2n) is 7.47. The van der Waals surface area contributed by atoms with Gasteiger partial charge in [-0.1, -0.05) is 37.3 Å². The van der Waals surface area contributed by atoms with Gasteiger partial charge in [0.05, 0.1) is 0 Å². The summed E-state index contributed by atoms with van der Waals surface area (Å²) in [6, 6.07) is 10.3. The number of benzene rings is 1. The Balaban J connectivity index is 0.00000338. The lowest BCUT2D eigenvalue weighted by molar-refractivity contribution is 0.0186. The van der Waals surface area contributed by atoms with E-state index in [-0.39, 0.29) is 30.1 Å². The van der Waals surface area contributed by atoms with Crippen molar-refractivity contribution in [1.29, 1.82) is 0 Å². The first kappa shape index (κ1) is 22.5. The number of carbonyl (C=O) groups excluding carboxylic acids is 1. The van der Waals surface area contributed by atoms with Crippen LogP contribution in [0.2, 0.25) is 0 Å². The molecule has 1 aromatic rings. The van der Waals surface area contributed by atoms with Crippen molar-refractivity contribution in [3.63, 3.8) is 0 Å². The van der Waals surface area contributed by atoms with Gasteiger partial charge in [0.1, 0.15) is 5.60 Å². The van der Waals surface area contributed by atoms with Crippen molar-refractivity contribution in [1.82, 2.24) is 9.80 Å². The summed E-state index contributed by atoms with van der Waals surface area (Å²) in [5.74, 6) is 0.870. The van der Waals surface area contributed by atoms with E-state index < -0.39 is 5.60 Å². The van der Waals surface area contributed by atoms with E-state index in [1.807, 2.05) is 43.9 Å². The molecule has 1 aliphatic rings. The van der Waals surface area contributed by atoms with Crippen molar-refractivity contribution in [2.75, 3.05) is 32.7 Å². The molecule has 0 spiro atoms. The molecule has 7 heteroatoms. The normalized spacial score (nSPS) is 16.7. The first-order valence-electron chi connectivity index (χ1n) is 8.84. The molecule has 0 saturated carbocycles. The van der Waals surface area contributed by atoms with Crippen LogP contribution in [-0.2, 0) is 4.74 Å². The summed E-state index contributed by atoms with van der Waals surface area (Å²) < 4.78 is 5.41. The number of carbonyl (C=O) groups is 1. The van der Waals surface area contributed by atoms with Crippen LogP contribution >= 0.6 is 24.0 Å². The number of piperazine rings is 1. The van der Waals surface area contributed by atoms with Crippen molar-refractivity contribution in [3.05, 3.63) is 35.9 Å². The minimum Gasteiger partial charge on any atom is -0.444 e. The lowest BCUT2D eigenvalue weighted by atomic mass is 10.0. The fraction of sp³-hybridized carbons (Fsp3) is 0.579. The second kappa shape index (κ2) is 9.99. The summed E-state index contributed by atoms with van der Waals surface area (Å²) in [6.07, 6.45) is -0.264. The Bertz CT molecular complexity index is 593. The van der Waals surface area contributed by atoms with E-state index in [0.717, 1.165) is 0 Å². The van der Waals surface area contributed by atoms with Gasteiger partial charge < -0.3 is 20.3 Å². The number of rotatable bonds is 3. The molecule has 146 valence electrons. The zero-order chi connectivity index (χ0) is 18.4. The van der Waals surface area contributed by atoms with E-state index in [0.29, 0.717) is 44.6 Å². The Hall–Kier alpha value is -1.51. The fourth-order valence-electron chi connectivity index (χ4n) is 2.66. The van der Waals surface area contributed by atoms with E-state index in [4.69, 9.17) is 10.5 Å². The summed E-state index contributed by atoms with van der Waals surface area (Å²) >= 11 is 0. The Kier molecular flexibility index (Phi) is 8.66. The maximum atomic E-state index is 12.1. The molecule has 26 heavy (non-hydrogen) atoms. The van der Waals surface area contributed by atoms with Crippen LogP contribution in [0.5, 0.6) is 0 Å². The molecule has 1 amide bonds. The summed E-state index contributed by atoms with van der Waals surface area (Å²) in [4.78, 5) is 20.4. The lowest BCUT2D eigenvalue weighted by Crippen LogP contribution is -2.53. The number of nitrogens with two attached hydrogens (primary N) is 1. The van der Waals surface area contributed by atoms with Gasteiger partial charge in [-0.15, -0.1) is 24.0 Å². The molecular weight excluding hydrogens is 443 g/mol. The molecule has 2 N–H and O–H groups in total. The van der Waals surface area contributed by atoms with Crippen LogP contribution in [0.4, 0.5) is 4.79 Å². The Morgan fingerprint density at radius 1 is 1.15 bits per heavy atom. The number of ether oxygens (including phenoxy) is 1. The number of guanidine groups is 1. The maximum absolute atomic E-state index is 12.1. The zero-order valence-corrected chi connectivity index (χ0v) is 18.5. The number of amides is 1. The molecule has 1 heterocycles. The van der Waals surface area contributed by atoms with E-state index in [1.54, 1.807) is 4.90 Å². The van der Waals surface area contributed by atoms with Gasteiger partial charge in [0.2, 0.25) is 0 Å². The van der Waals surface area contributed by atoms with Crippen molar-refractivity contribution in [2.45, 2.75) is 39.2 Å². The number of halogens is 1. The van der Waals surface area contributed by atoms with Gasteiger partial charge in [-0.25, -0.2) is 4.79 Å². The number of hydrogen-bond donors (Lipinski definition) is 1. The van der Waals surface area contributed by atoms with Gasteiger partial charge >= 0.3 is 6.09 Å². The molecule has 0 bridgehead atoms. The highest BCUT2D eigenvalue weighted by atomic mass is 127. The van der Waals surface area contributed by atoms with Crippen molar-refractivity contribution in [2.24, 2.45) is 10.7 Å². The number of aliphatic imine (C=N–C) groups is 1. The largest absolute Gasteiger partial charge is 0.444 e. The van der Waals surface area contributed by atoms with Gasteiger partial charge in [0.25, 0.3) is 0 Å². The highest BCUT2D eigenvalue weighted by molar-refractivity contribution is 14.0. The molecule has 1 aliphatic heterocycles. The van der Waals surface area contributed by atoms with Crippen LogP contribution in [0, 0.1) is 0 Å². The van der Waals surface area contributed by atoms with E-state index >= 15 is 0 Å². The third kappa shape index (κ3) is 7.01. The van der Waals surface area contributed by atoms with Crippen LogP contribution in [-0.4, -0.2) is 60.2 Å². The molecule has 0 aromatic heterocycles. The Morgan fingerprint density at radius 2 is 1.69 bits per heavy atom. The molecular formula is C19H31IN4O2. The summed E-state index contributed by atoms with van der Waals surface area (Å²) in [5.41, 5.74) is 6.93. The SMILES string of the molecule is CC(CN=C(N)N1CCN(C(=O)OC(C)(C)C)CC1)c1ccccc1.I. The predicted molar refractivity (Wildman–Crippen MR) is 116 cm³/mol. The third-order valence-electron chi connectivity index (χ3n) is 4.15. The van der Waals surface area contributed by atoms with Crippen LogP contribution in [0.1, 0.15) is 39.2 Å². The molecule has 1 saturated heterocycles. The van der Waals surface area contributed by atoms with Crippen LogP contribution in [0.15, 0.2) is 35.3 Å². The predicted octanol–water partition coefficient (Wildman–Crippen LogP) is 3.28. The molecule has 6 nitrogen and oxygen atoms in total. The quantitative estimate of drug-likeness (QED) is 0.415. The summed E-state index contributed by atoms with van der Waals surface area (Å²) in [6.45, 7) is 11.0. The van der Waals surface area contributed by atoms with Gasteiger partial charge in [-0.05, 0) is 26.3 Å². The fourth-order valence-corrected chi connectivity index (χ4v) is 2.66. The molecule has 1 atom stereocenters. The molecule has 0 radical (unpaired) electrons. The third-order valence-corrected chi connectivity index (χ3v) is 4.15. The first-order valence-corrected chi connectivity index (χ1v) is 8.84. The standard InChI is InChI=1S/C19H30N4O2.HI/c1-15(16-8-6-5-7-9-16)14-21-17(20)22-10-12-23(13-11-22)18(24)25-19(2,3)4;/h5-9,15H,10-14H2,1-4H3,(H2,20,21);1H. The Labute approximate surface area is 173 Å². The van der Waals surface area contributed by atoms with Crippen LogP contribution < -0.4 is 5.73 Å². The minimum atomic E-state index is -0.470. The highest BCUT2D eigenvalue weighted by Crippen LogP contribution is 2.15. The van der Waals surface area contributed by atoms with E-state index in [9.17, 15) is 4.79 Å². The molecule has 1 aromatic carbocycles. The molecule has 2 rings (SSSR count). The highest BCUT2D eigenvalue weighted by Gasteiger charge is 2.26. The molecule has 1 fully saturated rings. The smallest absolute Gasteiger partial charge is 0.410 e. The zero-order valence-electron chi connectivity index (χ0n) is 16.1. The Morgan fingerprint density at radius 3 is 2.23 bits per heavy atom. The van der Waals surface area contributed by atoms with Gasteiger partial charge in [-0.3, -0.25) is 4.99 Å². The monoisotopic (exact) mass is 474 g/mol. The topological polar surface area (TPSA) is 71.2 Å². The number of nitrogens with zero attached hydrogens (tertiary/aromatic N) is 3. The van der Waals surface area contributed by atoms with Crippen molar-refractivity contribution >= 4 is 36.0 Å². The average Bonchev–Trinajstić information content (AvgIpc) is 2.58. The van der Waals surface area contributed by atoms with Crippen molar-refractivity contribution in [3.8, 4) is 0 Å². The lowest BCUT2D eigenvalue weighted by Gasteiger charge is -2.36. The van der Waals surface area contributed by atoms with Crippen molar-refractivity contribution < 1.29 is 9.53 Å². The molecule has 1 unspecified atom stereocenters. The second-order valence-corrected chi connectivity index (χ2v) is 7.47. The number of hydrogen-bond acceptors (Lipinski definition) is 3. The van der Waals surface area contributed by atoms with Gasteiger partial charge in [0, 0.05) is 38.6 Å². The molecule has 0 aliphatic carbocycles. The van der Waals surface area contributed by atoms with E-state index in [1.165, 1.54) is 5.56 Å². The van der Waals surface area contributed by atoms with Gasteiger partial charge in [-0.2, -0.15) is 0 Å². The van der Waals surface area contributed by atoms with Gasteiger partial charge in [0.15, 0.2) is 5.96 Å².